The molecule has 1 N–H and O–H groups in total. The van der Waals surface area contributed by atoms with Crippen LogP contribution in [0.4, 0.5) is 0 Å². The van der Waals surface area contributed by atoms with Gasteiger partial charge in [-0.2, -0.15) is 0 Å². The zero-order valence-corrected chi connectivity index (χ0v) is 38.3. The van der Waals surface area contributed by atoms with Crippen LogP contribution in [0.15, 0.2) is 81.5 Å². The third kappa shape index (κ3) is 9.08. The molecule has 0 aliphatic carbocycles. The summed E-state index contributed by atoms with van der Waals surface area (Å²) in [5.41, 5.74) is 8.56. The molecule has 0 bridgehead atoms. The molecule has 1 radical (unpaired) electrons. The van der Waals surface area contributed by atoms with Crippen LogP contribution in [-0.4, -0.2) is 15.9 Å². The molecule has 3 aromatic heterocycles. The number of aryl methyl sites for hydroxylation is 2. The number of fused-ring (bicyclic) bond motifs is 3. The second-order valence-corrected chi connectivity index (χ2v) is 17.4. The first-order chi connectivity index (χ1) is 25.9. The minimum atomic E-state index is -0.337. The number of rotatable bonds is 11. The summed E-state index contributed by atoms with van der Waals surface area (Å²) in [5.74, 6) is 1.90. The predicted octanol–water partition coefficient (Wildman–Crippen LogP) is 14.6. The van der Waals surface area contributed by atoms with E-state index >= 15 is 0 Å². The molecule has 0 fully saturated rings. The molecule has 0 saturated carbocycles. The van der Waals surface area contributed by atoms with Gasteiger partial charge in [-0.15, -0.1) is 29.1 Å². The summed E-state index contributed by atoms with van der Waals surface area (Å²) in [4.78, 5) is 17.2. The van der Waals surface area contributed by atoms with E-state index in [0.717, 1.165) is 82.2 Å². The number of ketones is 1. The molecule has 5 nitrogen and oxygen atoms in total. The smallest absolute Gasteiger partial charge is 0.219 e. The molecule has 0 amide bonds. The molecule has 3 heterocycles. The number of aliphatic hydroxyl groups excluding tert-OH is 1. The summed E-state index contributed by atoms with van der Waals surface area (Å²) >= 11 is 0. The number of aromatic nitrogens is 1. The molecule has 6 heteroatoms. The third-order valence-corrected chi connectivity index (χ3v) is 12.1. The molecule has 6 rings (SSSR count). The van der Waals surface area contributed by atoms with E-state index in [-0.39, 0.29) is 47.9 Å². The standard InChI is InChI=1S/C35H34NO2.C15H28O2.Ir/c1-20(2)14-31-22(4)26-13-12-24(17-32(26)38-31)28-18-30(36-34-33(28)21(3)19-37-34)25-15-23-10-8-9-11-27(23)29(16-25)35(5,6)7;1-7-14(5,8-2)12(16)11-13(17)15(6,9-3)10-4;/h8-13,16-20H,14H2,1-7H3;11,16H,7-10H2,1-6H3;/q-1;;/b;12-11-;. The van der Waals surface area contributed by atoms with Crippen LogP contribution in [0.2, 0.25) is 0 Å². The SMILES string of the molecule is CCC(C)(CC)C(=O)/C=C(\O)C(C)(CC)CC.Cc1c(CC(C)C)oc2cc(-c3cc(-c4[c-]c5ccccc5c(C(C)(C)C)c4)nc4occ(C)c34)ccc12.[Ir]. The van der Waals surface area contributed by atoms with Gasteiger partial charge in [-0.3, -0.25) is 9.78 Å². The van der Waals surface area contributed by atoms with E-state index in [4.69, 9.17) is 13.8 Å². The van der Waals surface area contributed by atoms with Crippen LogP contribution >= 0.6 is 0 Å². The van der Waals surface area contributed by atoms with Crippen LogP contribution in [0.3, 0.4) is 0 Å². The van der Waals surface area contributed by atoms with E-state index < -0.39 is 0 Å². The van der Waals surface area contributed by atoms with Gasteiger partial charge in [0.2, 0.25) is 5.71 Å². The molecule has 3 aromatic carbocycles. The minimum absolute atomic E-state index is 0. The molecule has 301 valence electrons. The number of allylic oxidation sites excluding steroid dienone is 2. The summed E-state index contributed by atoms with van der Waals surface area (Å²) in [5, 5.41) is 14.7. The molecular formula is C50H62IrNO4-. The summed E-state index contributed by atoms with van der Waals surface area (Å²) in [6.07, 6.45) is 7.49. The van der Waals surface area contributed by atoms with Gasteiger partial charge in [0.25, 0.3) is 0 Å². The largest absolute Gasteiger partial charge is 0.512 e. The molecule has 0 saturated heterocycles. The van der Waals surface area contributed by atoms with E-state index in [0.29, 0.717) is 11.6 Å². The minimum Gasteiger partial charge on any atom is -0.512 e. The summed E-state index contributed by atoms with van der Waals surface area (Å²) in [6, 6.07) is 23.1. The maximum absolute atomic E-state index is 12.2. The number of aliphatic hydroxyl groups is 1. The van der Waals surface area contributed by atoms with Gasteiger partial charge >= 0.3 is 0 Å². The van der Waals surface area contributed by atoms with Crippen molar-refractivity contribution in [1.82, 2.24) is 4.98 Å². The van der Waals surface area contributed by atoms with E-state index in [2.05, 4.69) is 109 Å². The molecule has 56 heavy (non-hydrogen) atoms. The van der Waals surface area contributed by atoms with Crippen LogP contribution < -0.4 is 0 Å². The van der Waals surface area contributed by atoms with E-state index in [1.807, 2.05) is 41.5 Å². The maximum Gasteiger partial charge on any atom is 0.219 e. The van der Waals surface area contributed by atoms with E-state index in [1.165, 1.54) is 28.0 Å². The normalized spacial score (nSPS) is 12.6. The topological polar surface area (TPSA) is 76.5 Å². The zero-order chi connectivity index (χ0) is 40.5. The van der Waals surface area contributed by atoms with E-state index in [9.17, 15) is 9.90 Å². The van der Waals surface area contributed by atoms with Gasteiger partial charge in [-0.1, -0.05) is 124 Å². The van der Waals surface area contributed by atoms with Crippen LogP contribution in [-0.2, 0) is 36.7 Å². The first-order valence-electron chi connectivity index (χ1n) is 20.2. The van der Waals surface area contributed by atoms with Gasteiger partial charge in [0, 0.05) is 59.9 Å². The summed E-state index contributed by atoms with van der Waals surface area (Å²) in [6.45, 7) is 27.5. The fraction of sp³-hybridized carbons (Fsp3) is 0.440. The van der Waals surface area contributed by atoms with Crippen molar-refractivity contribution in [1.29, 1.82) is 0 Å². The molecular weight excluding hydrogens is 871 g/mol. The molecule has 0 aliphatic rings. The Labute approximate surface area is 348 Å². The van der Waals surface area contributed by atoms with Crippen LogP contribution in [0, 0.1) is 36.7 Å². The number of hydrogen-bond acceptors (Lipinski definition) is 5. The first kappa shape index (κ1) is 44.7. The summed E-state index contributed by atoms with van der Waals surface area (Å²) < 4.78 is 12.3. The molecule has 0 atom stereocenters. The van der Waals surface area contributed by atoms with Gasteiger partial charge in [0.1, 0.15) is 17.1 Å². The Morgan fingerprint density at radius 1 is 0.875 bits per heavy atom. The second kappa shape index (κ2) is 17.7. The second-order valence-electron chi connectivity index (χ2n) is 17.4. The Hall–Kier alpha value is -3.99. The summed E-state index contributed by atoms with van der Waals surface area (Å²) in [7, 11) is 0. The Morgan fingerprint density at radius 3 is 2.12 bits per heavy atom. The monoisotopic (exact) mass is 933 g/mol. The Bertz CT molecular complexity index is 2340. The Kier molecular flexibility index (Phi) is 14.1. The zero-order valence-electron chi connectivity index (χ0n) is 35.9. The van der Waals surface area contributed by atoms with Gasteiger partial charge in [0.15, 0.2) is 5.78 Å². The fourth-order valence-corrected chi connectivity index (χ4v) is 7.24. The number of carbonyl (C=O) groups excluding carboxylic acids is 1. The van der Waals surface area contributed by atoms with Crippen molar-refractivity contribution in [2.24, 2.45) is 16.7 Å². The Morgan fingerprint density at radius 2 is 1.52 bits per heavy atom. The number of hydrogen-bond donors (Lipinski definition) is 1. The van der Waals surface area contributed by atoms with E-state index in [1.54, 1.807) is 6.26 Å². The van der Waals surface area contributed by atoms with Crippen molar-refractivity contribution in [3.8, 4) is 22.4 Å². The van der Waals surface area contributed by atoms with Crippen molar-refractivity contribution in [2.75, 3.05) is 0 Å². The Balaban J connectivity index is 0.000000330. The maximum atomic E-state index is 12.2. The quantitative estimate of drug-likeness (QED) is 0.0796. The number of carbonyl (C=O) groups is 1. The fourth-order valence-electron chi connectivity index (χ4n) is 7.24. The van der Waals surface area contributed by atoms with Gasteiger partial charge in [-0.25, -0.2) is 0 Å². The van der Waals surface area contributed by atoms with Crippen LogP contribution in [0.1, 0.15) is 124 Å². The van der Waals surface area contributed by atoms with Crippen molar-refractivity contribution in [3.63, 3.8) is 0 Å². The molecule has 0 unspecified atom stereocenters. The van der Waals surface area contributed by atoms with Gasteiger partial charge in [-0.05, 0) is 79.2 Å². The van der Waals surface area contributed by atoms with Crippen molar-refractivity contribution < 1.29 is 38.8 Å². The number of furan rings is 2. The van der Waals surface area contributed by atoms with Crippen molar-refractivity contribution >= 4 is 38.6 Å². The van der Waals surface area contributed by atoms with Gasteiger partial charge < -0.3 is 13.9 Å². The van der Waals surface area contributed by atoms with Crippen molar-refractivity contribution in [2.45, 2.75) is 128 Å². The molecule has 0 spiro atoms. The average Bonchev–Trinajstić information content (AvgIpc) is 3.70. The third-order valence-electron chi connectivity index (χ3n) is 12.1. The molecule has 0 aliphatic heterocycles. The van der Waals surface area contributed by atoms with Crippen LogP contribution in [0.5, 0.6) is 0 Å². The van der Waals surface area contributed by atoms with Gasteiger partial charge in [0.05, 0.1) is 6.26 Å². The van der Waals surface area contributed by atoms with Crippen LogP contribution in [0.25, 0.3) is 55.2 Å². The molecule has 6 aromatic rings. The average molecular weight is 933 g/mol. The first-order valence-corrected chi connectivity index (χ1v) is 20.2. The number of pyridine rings is 1. The van der Waals surface area contributed by atoms with Crippen molar-refractivity contribution in [3.05, 3.63) is 101 Å². The predicted molar refractivity (Wildman–Crippen MR) is 231 cm³/mol. The number of nitrogens with zero attached hydrogens (tertiary/aromatic N) is 1. The number of benzene rings is 3.